The van der Waals surface area contributed by atoms with Crippen LogP contribution in [0, 0.1) is 51.2 Å². The van der Waals surface area contributed by atoms with E-state index in [4.69, 9.17) is 0 Å². The van der Waals surface area contributed by atoms with Crippen molar-refractivity contribution in [3.63, 3.8) is 0 Å². The topological polar surface area (TPSA) is 17.1 Å². The van der Waals surface area contributed by atoms with Gasteiger partial charge in [-0.2, -0.15) is 0 Å². The second kappa shape index (κ2) is 7.73. The van der Waals surface area contributed by atoms with E-state index in [9.17, 15) is 4.79 Å². The van der Waals surface area contributed by atoms with Crippen LogP contribution in [0.15, 0.2) is 11.6 Å². The first-order valence-electron chi connectivity index (χ1n) is 13.6. The molecule has 0 amide bonds. The summed E-state index contributed by atoms with van der Waals surface area (Å²) in [6.07, 6.45) is 15.3. The monoisotopic (exact) mass is 426 g/mol. The van der Waals surface area contributed by atoms with Crippen LogP contribution in [-0.4, -0.2) is 5.78 Å². The van der Waals surface area contributed by atoms with Gasteiger partial charge in [0.1, 0.15) is 0 Å². The van der Waals surface area contributed by atoms with Crippen molar-refractivity contribution < 1.29 is 4.79 Å². The molecule has 1 unspecified atom stereocenters. The van der Waals surface area contributed by atoms with Gasteiger partial charge in [0.15, 0.2) is 5.78 Å². The van der Waals surface area contributed by atoms with E-state index >= 15 is 0 Å². The average Bonchev–Trinajstić information content (AvgIpc) is 2.94. The summed E-state index contributed by atoms with van der Waals surface area (Å²) in [4.78, 5) is 13.4. The van der Waals surface area contributed by atoms with Crippen LogP contribution in [-0.2, 0) is 4.79 Å². The average molecular weight is 427 g/mol. The molecule has 0 aliphatic heterocycles. The maximum Gasteiger partial charge on any atom is 0.159 e. The summed E-state index contributed by atoms with van der Waals surface area (Å²) in [7, 11) is 0. The molecule has 4 aliphatic rings. The molecule has 1 heteroatoms. The molecule has 0 aromatic carbocycles. The van der Waals surface area contributed by atoms with Crippen molar-refractivity contribution in [2.24, 2.45) is 51.2 Å². The normalized spacial score (nSPS) is 46.1. The molecule has 0 aromatic heterocycles. The zero-order valence-electron chi connectivity index (χ0n) is 21.9. The number of hydrogen-bond donors (Lipinski definition) is 0. The Morgan fingerprint density at radius 3 is 2.42 bits per heavy atom. The summed E-state index contributed by atoms with van der Waals surface area (Å²) in [5.74, 6) is 3.73. The second-order valence-electron chi connectivity index (χ2n) is 14.4. The standard InChI is InChI=1S/C30H50O/c1-20-11-15-28(6)23-13-17-29(7)22(21(2)10-9-14-27(3,4)5)12-16-30(29,8)24(23)19-26(31)25(28)18-20/h19-23,25H,9-18H2,1-8H3/t20-,21+,22+,23?,25-,28+,29+,30-/m0/s1. The quantitative estimate of drug-likeness (QED) is 0.439. The third-order valence-electron chi connectivity index (χ3n) is 11.3. The predicted octanol–water partition coefficient (Wildman–Crippen LogP) is 8.62. The largest absolute Gasteiger partial charge is 0.295 e. The van der Waals surface area contributed by atoms with Crippen LogP contribution in [0.1, 0.15) is 120 Å². The third-order valence-corrected chi connectivity index (χ3v) is 11.3. The Kier molecular flexibility index (Phi) is 5.88. The summed E-state index contributed by atoms with van der Waals surface area (Å²) >= 11 is 0. The van der Waals surface area contributed by atoms with E-state index in [1.54, 1.807) is 5.57 Å². The van der Waals surface area contributed by atoms with Crippen molar-refractivity contribution in [1.29, 1.82) is 0 Å². The molecule has 0 radical (unpaired) electrons. The molecule has 4 aliphatic carbocycles. The van der Waals surface area contributed by atoms with Gasteiger partial charge in [0, 0.05) is 5.92 Å². The summed E-state index contributed by atoms with van der Waals surface area (Å²) < 4.78 is 0. The van der Waals surface area contributed by atoms with Gasteiger partial charge in [0.25, 0.3) is 0 Å². The summed E-state index contributed by atoms with van der Waals surface area (Å²) in [6, 6.07) is 0. The minimum absolute atomic E-state index is 0.217. The second-order valence-corrected chi connectivity index (χ2v) is 14.4. The number of allylic oxidation sites excluding steroid dienone is 2. The minimum atomic E-state index is 0.217. The number of rotatable bonds is 4. The van der Waals surface area contributed by atoms with E-state index < -0.39 is 0 Å². The van der Waals surface area contributed by atoms with Crippen LogP contribution in [0.2, 0.25) is 0 Å². The molecule has 0 bridgehead atoms. The maximum atomic E-state index is 13.4. The minimum Gasteiger partial charge on any atom is -0.295 e. The van der Waals surface area contributed by atoms with Crippen molar-refractivity contribution in [1.82, 2.24) is 0 Å². The van der Waals surface area contributed by atoms with E-state index in [2.05, 4.69) is 61.5 Å². The first-order valence-corrected chi connectivity index (χ1v) is 13.6. The van der Waals surface area contributed by atoms with E-state index in [1.165, 1.54) is 57.8 Å². The molecule has 0 N–H and O–H groups in total. The van der Waals surface area contributed by atoms with Gasteiger partial charge in [-0.05, 0) is 96.4 Å². The van der Waals surface area contributed by atoms with E-state index in [0.29, 0.717) is 28.4 Å². The van der Waals surface area contributed by atoms with Gasteiger partial charge in [0.05, 0.1) is 0 Å². The lowest BCUT2D eigenvalue weighted by Crippen LogP contribution is -2.55. The number of fused-ring (bicyclic) bond motifs is 5. The lowest BCUT2D eigenvalue weighted by molar-refractivity contribution is -0.131. The molecule has 0 spiro atoms. The Labute approximate surface area is 193 Å². The van der Waals surface area contributed by atoms with Gasteiger partial charge in [-0.3, -0.25) is 4.79 Å². The van der Waals surface area contributed by atoms with Gasteiger partial charge in [-0.15, -0.1) is 0 Å². The van der Waals surface area contributed by atoms with Gasteiger partial charge in [0.2, 0.25) is 0 Å². The molecule has 3 fully saturated rings. The summed E-state index contributed by atoms with van der Waals surface area (Å²) in [5.41, 5.74) is 2.84. The van der Waals surface area contributed by atoms with Crippen molar-refractivity contribution in [3.8, 4) is 0 Å². The molecule has 3 saturated carbocycles. The van der Waals surface area contributed by atoms with Crippen LogP contribution in [0.3, 0.4) is 0 Å². The van der Waals surface area contributed by atoms with E-state index in [1.807, 2.05) is 0 Å². The highest BCUT2D eigenvalue weighted by Gasteiger charge is 2.64. The van der Waals surface area contributed by atoms with E-state index in [-0.39, 0.29) is 16.7 Å². The third kappa shape index (κ3) is 3.69. The first-order chi connectivity index (χ1) is 14.3. The van der Waals surface area contributed by atoms with Crippen molar-refractivity contribution in [2.45, 2.75) is 120 Å². The fourth-order valence-corrected chi connectivity index (χ4v) is 9.02. The number of hydrogen-bond acceptors (Lipinski definition) is 1. The zero-order valence-corrected chi connectivity index (χ0v) is 21.9. The Morgan fingerprint density at radius 1 is 1.03 bits per heavy atom. The number of ketones is 1. The molecule has 8 atom stereocenters. The van der Waals surface area contributed by atoms with Gasteiger partial charge >= 0.3 is 0 Å². The Balaban J connectivity index is 1.59. The summed E-state index contributed by atoms with van der Waals surface area (Å²) in [5, 5.41) is 0. The fourth-order valence-electron chi connectivity index (χ4n) is 9.02. The van der Waals surface area contributed by atoms with Gasteiger partial charge < -0.3 is 0 Å². The maximum absolute atomic E-state index is 13.4. The lowest BCUT2D eigenvalue weighted by atomic mass is 9.43. The summed E-state index contributed by atoms with van der Waals surface area (Å²) in [6.45, 7) is 19.7. The highest BCUT2D eigenvalue weighted by atomic mass is 16.1. The zero-order chi connectivity index (χ0) is 22.8. The van der Waals surface area contributed by atoms with Crippen LogP contribution < -0.4 is 0 Å². The fraction of sp³-hybridized carbons (Fsp3) is 0.900. The smallest absolute Gasteiger partial charge is 0.159 e. The predicted molar refractivity (Wildman–Crippen MR) is 132 cm³/mol. The molecule has 1 nitrogen and oxygen atoms in total. The Bertz CT molecular complexity index is 740. The Hall–Kier alpha value is -0.590. The van der Waals surface area contributed by atoms with Crippen molar-refractivity contribution in [2.75, 3.05) is 0 Å². The lowest BCUT2D eigenvalue weighted by Gasteiger charge is -2.61. The van der Waals surface area contributed by atoms with E-state index in [0.717, 1.165) is 18.3 Å². The first kappa shape index (κ1) is 23.6. The van der Waals surface area contributed by atoms with Crippen LogP contribution in [0.25, 0.3) is 0 Å². The molecule has 31 heavy (non-hydrogen) atoms. The van der Waals surface area contributed by atoms with Gasteiger partial charge in [-0.1, -0.05) is 80.2 Å². The molecule has 4 rings (SSSR count). The molecule has 0 aromatic rings. The Morgan fingerprint density at radius 2 is 1.74 bits per heavy atom. The highest BCUT2D eigenvalue weighted by molar-refractivity contribution is 5.94. The van der Waals surface area contributed by atoms with Crippen LogP contribution in [0.4, 0.5) is 0 Å². The number of carbonyl (C=O) groups is 1. The van der Waals surface area contributed by atoms with Crippen molar-refractivity contribution in [3.05, 3.63) is 11.6 Å². The molecule has 0 saturated heterocycles. The molecular weight excluding hydrogens is 376 g/mol. The number of carbonyl (C=O) groups excluding carboxylic acids is 1. The van der Waals surface area contributed by atoms with Gasteiger partial charge in [-0.25, -0.2) is 0 Å². The SMILES string of the molecule is C[C@H]1CC[C@]2(C)C3CC[C@]4(C)[C@@H]([C@H](C)CCCC(C)(C)C)CC[C@@]4(C)C3=CC(=O)[C@@H]2C1. The molecule has 0 heterocycles. The highest BCUT2D eigenvalue weighted by Crippen LogP contribution is 2.72. The van der Waals surface area contributed by atoms with Crippen LogP contribution in [0.5, 0.6) is 0 Å². The van der Waals surface area contributed by atoms with Crippen molar-refractivity contribution >= 4 is 5.78 Å². The molecule has 176 valence electrons. The van der Waals surface area contributed by atoms with Crippen LogP contribution >= 0.6 is 0 Å². The molecular formula is C30H50O.